The molecule has 1 fully saturated rings. The molecule has 2 atom stereocenters. The minimum absolute atomic E-state index is 0.0704. The largest absolute Gasteiger partial charge is 0.477 e. The van der Waals surface area contributed by atoms with Crippen LogP contribution in [0.25, 0.3) is 5.65 Å². The average molecular weight is 587 g/mol. The molecular weight excluding hydrogens is 558 g/mol. The molecular formula is C24H28N9O5S2+. The van der Waals surface area contributed by atoms with Gasteiger partial charge in [0.1, 0.15) is 48.4 Å². The third-order valence-electron chi connectivity index (χ3n) is 6.31. The topological polar surface area (TPSA) is 194 Å². The predicted octanol–water partition coefficient (Wildman–Crippen LogP) is -0.184. The number of nitrogens with two attached hydrogens (primary N) is 2. The Morgan fingerprint density at radius 3 is 2.90 bits per heavy atom. The zero-order chi connectivity index (χ0) is 28.4. The molecule has 7 N–H and O–H groups in total. The summed E-state index contributed by atoms with van der Waals surface area (Å²) in [4.78, 5) is 49.0. The number of anilines is 2. The summed E-state index contributed by atoms with van der Waals surface area (Å²) in [6.07, 6.45) is 3.74. The number of oxime groups is 1. The summed E-state index contributed by atoms with van der Waals surface area (Å²) >= 11 is 2.52. The number of thioether (sulfide) groups is 1. The Morgan fingerprint density at radius 2 is 2.20 bits per heavy atom. The molecule has 0 unspecified atom stereocenters. The fourth-order valence-electron chi connectivity index (χ4n) is 4.55. The Hall–Kier alpha value is -4.15. The van der Waals surface area contributed by atoms with Gasteiger partial charge in [-0.1, -0.05) is 5.16 Å². The summed E-state index contributed by atoms with van der Waals surface area (Å²) in [6.45, 7) is 3.30. The molecule has 0 saturated carbocycles. The first-order chi connectivity index (χ1) is 19.3. The number of imidazole rings is 1. The number of aromatic nitrogens is 3. The molecule has 3 aromatic rings. The molecule has 1 saturated heterocycles. The maximum atomic E-state index is 13.2. The van der Waals surface area contributed by atoms with Gasteiger partial charge in [0.05, 0.1) is 0 Å². The number of nitrogen functional groups attached to an aromatic ring is 1. The number of β-lactam (4-membered cyclic amide) rings is 1. The maximum Gasteiger partial charge on any atom is 0.352 e. The molecule has 0 bridgehead atoms. The fraction of sp³-hybridized carbons (Fsp3) is 0.333. The molecule has 40 heavy (non-hydrogen) atoms. The second kappa shape index (κ2) is 11.5. The zero-order valence-electron chi connectivity index (χ0n) is 21.4. The van der Waals surface area contributed by atoms with E-state index in [1.807, 2.05) is 39.6 Å². The first-order valence-electron chi connectivity index (χ1n) is 12.4. The van der Waals surface area contributed by atoms with Crippen LogP contribution >= 0.6 is 23.1 Å². The maximum absolute atomic E-state index is 13.2. The Balaban J connectivity index is 1.36. The van der Waals surface area contributed by atoms with Crippen molar-refractivity contribution in [1.29, 1.82) is 0 Å². The Labute approximate surface area is 236 Å². The molecule has 5 heterocycles. The third-order valence-corrected chi connectivity index (χ3v) is 8.32. The minimum Gasteiger partial charge on any atom is -0.477 e. The number of hydrogen-bond donors (Lipinski definition) is 5. The molecule has 2 aliphatic rings. The molecule has 210 valence electrons. The Morgan fingerprint density at radius 1 is 1.38 bits per heavy atom. The van der Waals surface area contributed by atoms with Crippen LogP contribution in [0.15, 0.2) is 52.4 Å². The van der Waals surface area contributed by atoms with Gasteiger partial charge < -0.3 is 32.0 Å². The quantitative estimate of drug-likeness (QED) is 0.0870. The van der Waals surface area contributed by atoms with Crippen LogP contribution in [0.3, 0.4) is 0 Å². The molecule has 2 amide bonds. The number of rotatable bonds is 11. The second-order valence-corrected chi connectivity index (χ2v) is 10.8. The van der Waals surface area contributed by atoms with Crippen LogP contribution in [-0.2, 0) is 25.8 Å². The molecule has 0 aliphatic carbocycles. The van der Waals surface area contributed by atoms with Gasteiger partial charge in [0, 0.05) is 41.9 Å². The highest BCUT2D eigenvalue weighted by molar-refractivity contribution is 8.00. The van der Waals surface area contributed by atoms with E-state index in [9.17, 15) is 19.5 Å². The van der Waals surface area contributed by atoms with E-state index in [1.54, 1.807) is 12.3 Å². The lowest BCUT2D eigenvalue weighted by molar-refractivity contribution is -0.662. The summed E-state index contributed by atoms with van der Waals surface area (Å²) in [7, 11) is 0. The van der Waals surface area contributed by atoms with Crippen LogP contribution < -0.4 is 26.7 Å². The number of amides is 2. The molecule has 2 aliphatic heterocycles. The molecule has 0 radical (unpaired) electrons. The van der Waals surface area contributed by atoms with Gasteiger partial charge in [-0.2, -0.15) is 4.40 Å². The van der Waals surface area contributed by atoms with Crippen molar-refractivity contribution in [3.05, 3.63) is 52.9 Å². The van der Waals surface area contributed by atoms with Crippen LogP contribution in [0.5, 0.6) is 0 Å². The molecule has 16 heteroatoms. The third kappa shape index (κ3) is 5.07. The lowest BCUT2D eigenvalue weighted by Gasteiger charge is -2.49. The van der Waals surface area contributed by atoms with Gasteiger partial charge in [-0.25, -0.2) is 14.3 Å². The van der Waals surface area contributed by atoms with Gasteiger partial charge in [-0.3, -0.25) is 14.5 Å². The highest BCUT2D eigenvalue weighted by Crippen LogP contribution is 2.40. The van der Waals surface area contributed by atoms with E-state index in [4.69, 9.17) is 16.3 Å². The summed E-state index contributed by atoms with van der Waals surface area (Å²) < 4.78 is 3.87. The summed E-state index contributed by atoms with van der Waals surface area (Å²) in [5.74, 6) is -1.17. The predicted molar refractivity (Wildman–Crippen MR) is 150 cm³/mol. The van der Waals surface area contributed by atoms with Crippen molar-refractivity contribution in [3.63, 3.8) is 0 Å². The number of aliphatic carboxylic acids is 1. The Bertz CT molecular complexity index is 1530. The number of nitrogens with zero attached hydrogens (tertiary/aromatic N) is 5. The number of carboxylic acids is 1. The number of pyridine rings is 1. The van der Waals surface area contributed by atoms with Crippen LogP contribution in [0.1, 0.15) is 12.6 Å². The van der Waals surface area contributed by atoms with E-state index in [-0.39, 0.29) is 35.4 Å². The SMILES string of the molecule is CCON=C(C(=O)N[C@@H]1C(=O)N2C(C(=O)O)=C(C[n+]3ccn4c(NCCN)cccc43)CS[C@@H]12)c1csc(N)n1. The van der Waals surface area contributed by atoms with Crippen molar-refractivity contribution in [3.8, 4) is 0 Å². The molecule has 5 rings (SSSR count). The molecule has 14 nitrogen and oxygen atoms in total. The zero-order valence-corrected chi connectivity index (χ0v) is 23.1. The number of carbonyl (C=O) groups is 3. The van der Waals surface area contributed by atoms with Crippen molar-refractivity contribution in [1.82, 2.24) is 19.6 Å². The lowest BCUT2D eigenvalue weighted by Crippen LogP contribution is -2.71. The molecule has 0 spiro atoms. The first-order valence-corrected chi connectivity index (χ1v) is 14.3. The van der Waals surface area contributed by atoms with E-state index in [1.165, 1.54) is 16.7 Å². The van der Waals surface area contributed by atoms with Crippen molar-refractivity contribution in [2.75, 3.05) is 36.5 Å². The number of carbonyl (C=O) groups excluding carboxylic acids is 2. The van der Waals surface area contributed by atoms with Crippen LogP contribution in [0.4, 0.5) is 10.9 Å². The highest BCUT2D eigenvalue weighted by Gasteiger charge is 2.54. The average Bonchev–Trinajstić information content (AvgIpc) is 3.56. The first kappa shape index (κ1) is 27.4. The van der Waals surface area contributed by atoms with Crippen molar-refractivity contribution >= 4 is 63.2 Å². The van der Waals surface area contributed by atoms with Gasteiger partial charge in [-0.05, 0) is 13.0 Å². The highest BCUT2D eigenvalue weighted by atomic mass is 32.2. The normalized spacial score (nSPS) is 18.9. The molecule has 3 aromatic heterocycles. The van der Waals surface area contributed by atoms with E-state index in [2.05, 4.69) is 20.8 Å². The van der Waals surface area contributed by atoms with Gasteiger partial charge in [0.15, 0.2) is 16.7 Å². The number of hydrogen-bond acceptors (Lipinski definition) is 11. The smallest absolute Gasteiger partial charge is 0.352 e. The number of fused-ring (bicyclic) bond motifs is 2. The van der Waals surface area contributed by atoms with Crippen molar-refractivity contribution < 1.29 is 28.9 Å². The van der Waals surface area contributed by atoms with E-state index in [0.717, 1.165) is 22.8 Å². The standard InChI is InChI=1S/C24H27N9O5S2/c1-2-38-30-17(14-12-40-24(26)28-14)20(34)29-18-21(35)33-19(23(36)37)13(11-39-22(18)33)10-31-8-9-32-15(27-7-6-25)4-3-5-16(31)32/h3-5,8-9,12,18,22H,2,6-7,10-11,25H2,1H3,(H4,26,28,29,34,36,37)/p+1/t18-,22+/m1/s1. The van der Waals surface area contributed by atoms with Gasteiger partial charge in [0.25, 0.3) is 17.5 Å². The second-order valence-electron chi connectivity index (χ2n) is 8.83. The van der Waals surface area contributed by atoms with E-state index < -0.39 is 29.2 Å². The van der Waals surface area contributed by atoms with Crippen LogP contribution in [-0.4, -0.2) is 79.8 Å². The van der Waals surface area contributed by atoms with Gasteiger partial charge in [0.2, 0.25) is 0 Å². The number of nitrogens with one attached hydrogen (secondary N) is 2. The van der Waals surface area contributed by atoms with Gasteiger partial charge in [-0.15, -0.1) is 23.1 Å². The van der Waals surface area contributed by atoms with Crippen LogP contribution in [0.2, 0.25) is 0 Å². The van der Waals surface area contributed by atoms with Crippen LogP contribution in [0, 0.1) is 0 Å². The number of carboxylic acid groups (broad SMARTS) is 1. The molecule has 0 aromatic carbocycles. The summed E-state index contributed by atoms with van der Waals surface area (Å²) in [5, 5.41) is 21.1. The lowest BCUT2D eigenvalue weighted by atomic mass is 10.0. The monoisotopic (exact) mass is 586 g/mol. The minimum atomic E-state index is -1.20. The van der Waals surface area contributed by atoms with E-state index >= 15 is 0 Å². The van der Waals surface area contributed by atoms with Crippen molar-refractivity contribution in [2.24, 2.45) is 10.9 Å². The summed E-state index contributed by atoms with van der Waals surface area (Å²) in [6, 6.07) is 4.82. The number of thiazole rings is 1. The Kier molecular flexibility index (Phi) is 7.90. The fourth-order valence-corrected chi connectivity index (χ4v) is 6.43. The van der Waals surface area contributed by atoms with Crippen molar-refractivity contribution in [2.45, 2.75) is 24.9 Å². The van der Waals surface area contributed by atoms with E-state index in [0.29, 0.717) is 24.4 Å². The summed E-state index contributed by atoms with van der Waals surface area (Å²) in [5.41, 5.74) is 12.8. The van der Waals surface area contributed by atoms with Gasteiger partial charge >= 0.3 is 5.97 Å².